The van der Waals surface area contributed by atoms with Crippen molar-refractivity contribution in [1.29, 1.82) is 0 Å². The van der Waals surface area contributed by atoms with Crippen LogP contribution >= 0.6 is 0 Å². The van der Waals surface area contributed by atoms with Gasteiger partial charge in [0.1, 0.15) is 18.1 Å². The van der Waals surface area contributed by atoms with E-state index < -0.39 is 0 Å². The lowest BCUT2D eigenvalue weighted by Gasteiger charge is -2.16. The van der Waals surface area contributed by atoms with Gasteiger partial charge in [-0.05, 0) is 49.4 Å². The fourth-order valence-corrected chi connectivity index (χ4v) is 2.46. The van der Waals surface area contributed by atoms with E-state index in [1.165, 1.54) is 0 Å². The molecule has 2 aromatic carbocycles. The molecule has 2 aromatic rings. The number of amides is 1. The molecule has 0 bridgehead atoms. The summed E-state index contributed by atoms with van der Waals surface area (Å²) in [6.07, 6.45) is 0. The quantitative estimate of drug-likeness (QED) is 0.712. The molecular formula is C20H26N2O3. The lowest BCUT2D eigenvalue weighted by Crippen LogP contribution is -2.36. The van der Waals surface area contributed by atoms with Crippen molar-refractivity contribution in [2.45, 2.75) is 13.5 Å². The van der Waals surface area contributed by atoms with Crippen LogP contribution in [0.4, 0.5) is 0 Å². The number of carbonyl (C=O) groups is 1. The number of nitrogens with zero attached hydrogens (tertiary/aromatic N) is 1. The lowest BCUT2D eigenvalue weighted by atomic mass is 10.2. The first-order chi connectivity index (χ1) is 12.1. The number of ether oxygens (including phenoxy) is 2. The standard InChI is InChI=1S/C20H26N2O3/c1-16-5-4-6-19(13-16)25-12-11-21-20(23)15-22(2)14-17-7-9-18(24-3)10-8-17/h4-10,13H,11-12,14-15H2,1-3H3,(H,21,23). The Morgan fingerprint density at radius 1 is 1.12 bits per heavy atom. The van der Waals surface area contributed by atoms with Crippen molar-refractivity contribution in [2.24, 2.45) is 0 Å². The van der Waals surface area contributed by atoms with Gasteiger partial charge in [0.25, 0.3) is 0 Å². The second-order valence-corrected chi connectivity index (χ2v) is 6.04. The maximum Gasteiger partial charge on any atom is 0.234 e. The zero-order valence-corrected chi connectivity index (χ0v) is 15.1. The number of methoxy groups -OCH3 is 1. The zero-order chi connectivity index (χ0) is 18.1. The van der Waals surface area contributed by atoms with Crippen LogP contribution in [0, 0.1) is 6.92 Å². The third-order valence-electron chi connectivity index (χ3n) is 3.71. The molecule has 0 spiro atoms. The number of hydrogen-bond donors (Lipinski definition) is 1. The number of aryl methyl sites for hydroxylation is 1. The van der Waals surface area contributed by atoms with Crippen LogP contribution in [0.25, 0.3) is 0 Å². The normalized spacial score (nSPS) is 10.6. The molecule has 5 nitrogen and oxygen atoms in total. The Hall–Kier alpha value is -2.53. The summed E-state index contributed by atoms with van der Waals surface area (Å²) in [6.45, 7) is 4.02. The molecule has 25 heavy (non-hydrogen) atoms. The third-order valence-corrected chi connectivity index (χ3v) is 3.71. The van der Waals surface area contributed by atoms with Crippen molar-refractivity contribution in [3.63, 3.8) is 0 Å². The van der Waals surface area contributed by atoms with Gasteiger partial charge in [-0.2, -0.15) is 0 Å². The van der Waals surface area contributed by atoms with Gasteiger partial charge in [0.2, 0.25) is 5.91 Å². The molecule has 0 unspecified atom stereocenters. The molecular weight excluding hydrogens is 316 g/mol. The molecule has 0 aliphatic carbocycles. The van der Waals surface area contributed by atoms with E-state index >= 15 is 0 Å². The molecule has 0 aliphatic rings. The van der Waals surface area contributed by atoms with Crippen molar-refractivity contribution in [2.75, 3.05) is 33.9 Å². The Kier molecular flexibility index (Phi) is 7.29. The minimum absolute atomic E-state index is 0.0103. The first-order valence-electron chi connectivity index (χ1n) is 8.34. The van der Waals surface area contributed by atoms with E-state index in [1.54, 1.807) is 7.11 Å². The highest BCUT2D eigenvalue weighted by molar-refractivity contribution is 5.77. The summed E-state index contributed by atoms with van der Waals surface area (Å²) in [5.74, 6) is 1.65. The van der Waals surface area contributed by atoms with Gasteiger partial charge in [0.05, 0.1) is 20.2 Å². The molecule has 0 saturated heterocycles. The summed E-state index contributed by atoms with van der Waals surface area (Å²) in [4.78, 5) is 14.0. The maximum absolute atomic E-state index is 12.0. The molecule has 0 heterocycles. The number of likely N-dealkylation sites (N-methyl/N-ethyl adjacent to an activating group) is 1. The topological polar surface area (TPSA) is 50.8 Å². The molecule has 0 aliphatic heterocycles. The molecule has 0 aromatic heterocycles. The maximum atomic E-state index is 12.0. The first-order valence-corrected chi connectivity index (χ1v) is 8.34. The van der Waals surface area contributed by atoms with E-state index in [0.717, 1.165) is 22.6 Å². The number of nitrogens with one attached hydrogen (secondary N) is 1. The van der Waals surface area contributed by atoms with Crippen LogP contribution in [0.15, 0.2) is 48.5 Å². The van der Waals surface area contributed by atoms with Crippen molar-refractivity contribution in [1.82, 2.24) is 10.2 Å². The van der Waals surface area contributed by atoms with Gasteiger partial charge in [-0.3, -0.25) is 9.69 Å². The van der Waals surface area contributed by atoms with Crippen molar-refractivity contribution < 1.29 is 14.3 Å². The van der Waals surface area contributed by atoms with Gasteiger partial charge in [-0.15, -0.1) is 0 Å². The average molecular weight is 342 g/mol. The Balaban J connectivity index is 1.65. The lowest BCUT2D eigenvalue weighted by molar-refractivity contribution is -0.122. The monoisotopic (exact) mass is 342 g/mol. The summed E-state index contributed by atoms with van der Waals surface area (Å²) in [5, 5.41) is 2.88. The molecule has 5 heteroatoms. The van der Waals surface area contributed by atoms with Crippen LogP contribution < -0.4 is 14.8 Å². The summed E-state index contributed by atoms with van der Waals surface area (Å²) < 4.78 is 10.8. The van der Waals surface area contributed by atoms with E-state index in [-0.39, 0.29) is 5.91 Å². The molecule has 0 fully saturated rings. The van der Waals surface area contributed by atoms with Gasteiger partial charge in [0, 0.05) is 6.54 Å². The van der Waals surface area contributed by atoms with Crippen LogP contribution in [0.2, 0.25) is 0 Å². The molecule has 134 valence electrons. The van der Waals surface area contributed by atoms with Crippen LogP contribution in [0.1, 0.15) is 11.1 Å². The number of carbonyl (C=O) groups excluding carboxylic acids is 1. The Bertz CT molecular complexity index is 671. The van der Waals surface area contributed by atoms with Crippen molar-refractivity contribution >= 4 is 5.91 Å². The van der Waals surface area contributed by atoms with Gasteiger partial charge < -0.3 is 14.8 Å². The molecule has 2 rings (SSSR count). The Labute approximate surface area is 149 Å². The van der Waals surface area contributed by atoms with E-state index in [1.807, 2.05) is 67.4 Å². The highest BCUT2D eigenvalue weighted by Crippen LogP contribution is 2.13. The van der Waals surface area contributed by atoms with Gasteiger partial charge >= 0.3 is 0 Å². The second-order valence-electron chi connectivity index (χ2n) is 6.04. The summed E-state index contributed by atoms with van der Waals surface area (Å²) >= 11 is 0. The molecule has 0 atom stereocenters. The van der Waals surface area contributed by atoms with Crippen molar-refractivity contribution in [3.8, 4) is 11.5 Å². The smallest absolute Gasteiger partial charge is 0.234 e. The minimum atomic E-state index is -0.0103. The van der Waals surface area contributed by atoms with Crippen LogP contribution in [-0.4, -0.2) is 44.7 Å². The van der Waals surface area contributed by atoms with E-state index in [9.17, 15) is 4.79 Å². The number of benzene rings is 2. The molecule has 1 N–H and O–H groups in total. The van der Waals surface area contributed by atoms with Gasteiger partial charge in [0.15, 0.2) is 0 Å². The third kappa shape index (κ3) is 6.85. The number of hydrogen-bond acceptors (Lipinski definition) is 4. The molecule has 0 radical (unpaired) electrons. The zero-order valence-electron chi connectivity index (χ0n) is 15.1. The van der Waals surface area contributed by atoms with E-state index in [4.69, 9.17) is 9.47 Å². The summed E-state index contributed by atoms with van der Waals surface area (Å²) in [6, 6.07) is 15.7. The van der Waals surface area contributed by atoms with Crippen LogP contribution in [0.5, 0.6) is 11.5 Å². The van der Waals surface area contributed by atoms with Crippen LogP contribution in [0.3, 0.4) is 0 Å². The number of rotatable bonds is 9. The Morgan fingerprint density at radius 3 is 2.56 bits per heavy atom. The fourth-order valence-electron chi connectivity index (χ4n) is 2.46. The molecule has 1 amide bonds. The predicted molar refractivity (Wildman–Crippen MR) is 99.0 cm³/mol. The minimum Gasteiger partial charge on any atom is -0.497 e. The van der Waals surface area contributed by atoms with Crippen molar-refractivity contribution in [3.05, 3.63) is 59.7 Å². The summed E-state index contributed by atoms with van der Waals surface area (Å²) in [7, 11) is 3.57. The van der Waals surface area contributed by atoms with Gasteiger partial charge in [-0.25, -0.2) is 0 Å². The van der Waals surface area contributed by atoms with Gasteiger partial charge in [-0.1, -0.05) is 24.3 Å². The first kappa shape index (κ1) is 18.8. The summed E-state index contributed by atoms with van der Waals surface area (Å²) in [5.41, 5.74) is 2.29. The van der Waals surface area contributed by atoms with E-state index in [0.29, 0.717) is 26.2 Å². The largest absolute Gasteiger partial charge is 0.497 e. The Morgan fingerprint density at radius 2 is 1.88 bits per heavy atom. The highest BCUT2D eigenvalue weighted by Gasteiger charge is 2.07. The van der Waals surface area contributed by atoms with E-state index in [2.05, 4.69) is 5.32 Å². The predicted octanol–water partition coefficient (Wildman–Crippen LogP) is 2.63. The average Bonchev–Trinajstić information content (AvgIpc) is 2.59. The SMILES string of the molecule is COc1ccc(CN(C)CC(=O)NCCOc2cccc(C)c2)cc1. The highest BCUT2D eigenvalue weighted by atomic mass is 16.5. The molecule has 0 saturated carbocycles. The second kappa shape index (κ2) is 9.69. The van der Waals surface area contributed by atoms with Crippen LogP contribution in [-0.2, 0) is 11.3 Å². The fraction of sp³-hybridized carbons (Fsp3) is 0.350.